The molecule has 3 aromatic heterocycles. The number of anilines is 1. The van der Waals surface area contributed by atoms with Gasteiger partial charge in [-0.2, -0.15) is 35.8 Å². The third-order valence-corrected chi connectivity index (χ3v) is 7.08. The number of alkyl halides is 7. The molecule has 19 heteroatoms. The number of halogens is 9. The molecule has 0 aliphatic heterocycles. The van der Waals surface area contributed by atoms with Crippen LogP contribution in [0.4, 0.5) is 36.4 Å². The van der Waals surface area contributed by atoms with Crippen LogP contribution in [0.2, 0.25) is 10.0 Å². The quantitative estimate of drug-likeness (QED) is 0.211. The largest absolute Gasteiger partial charge is 0.460 e. The monoisotopic (exact) mass is 678 g/mol. The molecule has 0 bridgehead atoms. The SMILES string of the molecule is Cc1cc(Cl)cc(C(=O)NC2CC2)c1NC(=O)c1cc(Cn2cc(C(F)(F)C(F)(F)C(F)(F)F)nn2)nn1-c1ncccc1Cl. The summed E-state index contributed by atoms with van der Waals surface area (Å²) < 4.78 is 94.7. The molecule has 10 nitrogen and oxygen atoms in total. The van der Waals surface area contributed by atoms with Crippen molar-refractivity contribution >= 4 is 40.7 Å². The van der Waals surface area contributed by atoms with E-state index in [2.05, 4.69) is 31.0 Å². The molecule has 1 saturated carbocycles. The maximum atomic E-state index is 14.1. The van der Waals surface area contributed by atoms with Crippen LogP contribution in [-0.4, -0.2) is 59.7 Å². The van der Waals surface area contributed by atoms with E-state index < -0.39 is 42.1 Å². The lowest BCUT2D eigenvalue weighted by Crippen LogP contribution is -2.50. The highest BCUT2D eigenvalue weighted by atomic mass is 35.5. The van der Waals surface area contributed by atoms with E-state index in [0.717, 1.165) is 23.6 Å². The highest BCUT2D eigenvalue weighted by Gasteiger charge is 2.74. The molecule has 1 aromatic carbocycles. The van der Waals surface area contributed by atoms with Gasteiger partial charge in [-0.15, -0.1) is 5.10 Å². The van der Waals surface area contributed by atoms with E-state index in [0.29, 0.717) is 10.2 Å². The number of amides is 2. The van der Waals surface area contributed by atoms with Gasteiger partial charge in [-0.25, -0.2) is 14.3 Å². The van der Waals surface area contributed by atoms with E-state index in [4.69, 9.17) is 23.2 Å². The van der Waals surface area contributed by atoms with Gasteiger partial charge in [-0.1, -0.05) is 28.4 Å². The number of hydrogen-bond acceptors (Lipinski definition) is 6. The smallest absolute Gasteiger partial charge is 0.349 e. The Morgan fingerprint density at radius 3 is 2.40 bits per heavy atom. The van der Waals surface area contributed by atoms with Crippen molar-refractivity contribution in [2.75, 3.05) is 5.32 Å². The lowest BCUT2D eigenvalue weighted by Gasteiger charge is -2.26. The Morgan fingerprint density at radius 1 is 1.04 bits per heavy atom. The van der Waals surface area contributed by atoms with E-state index in [9.17, 15) is 40.3 Å². The number of rotatable bonds is 9. The molecule has 5 rings (SSSR count). The van der Waals surface area contributed by atoms with Crippen molar-refractivity contribution in [3.8, 4) is 5.82 Å². The number of pyridine rings is 1. The summed E-state index contributed by atoms with van der Waals surface area (Å²) in [7, 11) is 0. The Labute approximate surface area is 258 Å². The van der Waals surface area contributed by atoms with Gasteiger partial charge in [0.15, 0.2) is 11.5 Å². The Hall–Kier alpha value is -4.25. The highest BCUT2D eigenvalue weighted by Crippen LogP contribution is 2.51. The first-order valence-corrected chi connectivity index (χ1v) is 13.6. The molecule has 1 aliphatic carbocycles. The summed E-state index contributed by atoms with van der Waals surface area (Å²) in [4.78, 5) is 30.7. The number of nitrogens with one attached hydrogen (secondary N) is 2. The van der Waals surface area contributed by atoms with Gasteiger partial charge in [0.25, 0.3) is 11.8 Å². The van der Waals surface area contributed by atoms with Crippen molar-refractivity contribution in [1.29, 1.82) is 0 Å². The van der Waals surface area contributed by atoms with E-state index in [1.54, 1.807) is 6.92 Å². The summed E-state index contributed by atoms with van der Waals surface area (Å²) in [5.41, 5.74) is -1.64. The minimum Gasteiger partial charge on any atom is -0.349 e. The first-order chi connectivity index (χ1) is 21.0. The molecule has 0 saturated heterocycles. The summed E-state index contributed by atoms with van der Waals surface area (Å²) in [6.07, 6.45) is -3.43. The van der Waals surface area contributed by atoms with Gasteiger partial charge in [0.2, 0.25) is 0 Å². The van der Waals surface area contributed by atoms with Gasteiger partial charge in [0.1, 0.15) is 5.69 Å². The lowest BCUT2D eigenvalue weighted by atomic mass is 10.1. The van der Waals surface area contributed by atoms with Gasteiger partial charge >= 0.3 is 18.0 Å². The second kappa shape index (κ2) is 11.6. The van der Waals surface area contributed by atoms with Gasteiger partial charge < -0.3 is 10.6 Å². The van der Waals surface area contributed by atoms with Crippen molar-refractivity contribution in [3.05, 3.63) is 81.0 Å². The van der Waals surface area contributed by atoms with Crippen LogP contribution in [0.25, 0.3) is 5.82 Å². The molecule has 2 amide bonds. The average Bonchev–Trinajstić information content (AvgIpc) is 3.46. The summed E-state index contributed by atoms with van der Waals surface area (Å²) in [6.45, 7) is 1.00. The van der Waals surface area contributed by atoms with Crippen molar-refractivity contribution in [2.45, 2.75) is 50.4 Å². The normalized spacial score (nSPS) is 14.0. The second-order valence-corrected chi connectivity index (χ2v) is 10.9. The number of nitrogens with zero attached hydrogens (tertiary/aromatic N) is 6. The number of hydrogen-bond donors (Lipinski definition) is 2. The molecule has 4 aromatic rings. The molecule has 238 valence electrons. The number of aromatic nitrogens is 6. The second-order valence-electron chi connectivity index (χ2n) is 10.0. The number of aryl methyl sites for hydroxylation is 1. The van der Waals surface area contributed by atoms with Crippen molar-refractivity contribution in [3.63, 3.8) is 0 Å². The summed E-state index contributed by atoms with van der Waals surface area (Å²) in [5.74, 6) is -13.5. The minimum absolute atomic E-state index is 0.00688. The fraction of sp³-hybridized carbons (Fsp3) is 0.308. The Morgan fingerprint density at radius 2 is 1.76 bits per heavy atom. The summed E-state index contributed by atoms with van der Waals surface area (Å²) in [5, 5.41) is 16.0. The zero-order valence-electron chi connectivity index (χ0n) is 22.6. The van der Waals surface area contributed by atoms with Crippen molar-refractivity contribution < 1.29 is 40.3 Å². The molecule has 0 unspecified atom stereocenters. The first-order valence-electron chi connectivity index (χ1n) is 12.8. The highest BCUT2D eigenvalue weighted by molar-refractivity contribution is 6.32. The molecular weight excluding hydrogens is 660 g/mol. The molecule has 2 N–H and O–H groups in total. The van der Waals surface area contributed by atoms with Crippen LogP contribution in [0, 0.1) is 6.92 Å². The molecule has 1 fully saturated rings. The number of carbonyl (C=O) groups excluding carboxylic acids is 2. The zero-order valence-corrected chi connectivity index (χ0v) is 24.2. The number of carbonyl (C=O) groups is 2. The standard InChI is InChI=1S/C26H19Cl2F7N8O2/c1-12-7-13(27)8-16(22(44)37-14-4-5-14)20(12)38-23(45)18-9-15(40-43(18)21-17(28)3-2-6-36-21)10-42-11-19(39-41-42)24(29,30)25(31,32)26(33,34)35/h2-3,6-9,11,14H,4-5,10H2,1H3,(H,37,44)(H,38,45). The van der Waals surface area contributed by atoms with Crippen LogP contribution in [0.1, 0.15) is 50.6 Å². The van der Waals surface area contributed by atoms with Crippen molar-refractivity contribution in [2.24, 2.45) is 0 Å². The van der Waals surface area contributed by atoms with Gasteiger partial charge in [-0.3, -0.25) is 9.59 Å². The average molecular weight is 679 g/mol. The van der Waals surface area contributed by atoms with E-state index in [-0.39, 0.29) is 50.7 Å². The Bertz CT molecular complexity index is 1790. The molecule has 0 atom stereocenters. The predicted molar refractivity (Wildman–Crippen MR) is 145 cm³/mol. The van der Waals surface area contributed by atoms with Crippen LogP contribution in [0.5, 0.6) is 0 Å². The predicted octanol–water partition coefficient (Wildman–Crippen LogP) is 5.96. The Balaban J connectivity index is 1.49. The molecule has 3 heterocycles. The number of benzene rings is 1. The third kappa shape index (κ3) is 6.31. The molecule has 1 aliphatic rings. The van der Waals surface area contributed by atoms with Crippen LogP contribution >= 0.6 is 23.2 Å². The van der Waals surface area contributed by atoms with Crippen LogP contribution < -0.4 is 10.6 Å². The van der Waals surface area contributed by atoms with Crippen LogP contribution in [0.15, 0.2) is 42.7 Å². The molecule has 0 radical (unpaired) electrons. The van der Waals surface area contributed by atoms with Gasteiger partial charge in [0, 0.05) is 17.3 Å². The molecule has 45 heavy (non-hydrogen) atoms. The Kier molecular flexibility index (Phi) is 8.28. The molecule has 0 spiro atoms. The summed E-state index contributed by atoms with van der Waals surface area (Å²) in [6, 6.07) is 6.96. The fourth-order valence-corrected chi connectivity index (χ4v) is 4.62. The third-order valence-electron chi connectivity index (χ3n) is 6.56. The maximum absolute atomic E-state index is 14.1. The zero-order chi connectivity index (χ0) is 32.9. The van der Waals surface area contributed by atoms with E-state index >= 15 is 0 Å². The minimum atomic E-state index is -6.57. The fourth-order valence-electron chi connectivity index (χ4n) is 4.14. The molecular formula is C26H19Cl2F7N8O2. The topological polar surface area (TPSA) is 120 Å². The van der Waals surface area contributed by atoms with E-state index in [1.807, 2.05) is 0 Å². The lowest BCUT2D eigenvalue weighted by molar-refractivity contribution is -0.360. The van der Waals surface area contributed by atoms with Crippen LogP contribution in [-0.2, 0) is 12.5 Å². The van der Waals surface area contributed by atoms with Gasteiger partial charge in [0.05, 0.1) is 34.7 Å². The van der Waals surface area contributed by atoms with Crippen molar-refractivity contribution in [1.82, 2.24) is 35.1 Å². The van der Waals surface area contributed by atoms with Crippen LogP contribution in [0.3, 0.4) is 0 Å². The maximum Gasteiger partial charge on any atom is 0.460 e. The summed E-state index contributed by atoms with van der Waals surface area (Å²) >= 11 is 12.4. The first kappa shape index (κ1) is 32.2. The van der Waals surface area contributed by atoms with E-state index in [1.165, 1.54) is 30.5 Å². The van der Waals surface area contributed by atoms with Gasteiger partial charge in [-0.05, 0) is 55.7 Å².